The molecule has 2 aromatic carbocycles. The summed E-state index contributed by atoms with van der Waals surface area (Å²) in [5.74, 6) is 0. The quantitative estimate of drug-likeness (QED) is 0.754. The summed E-state index contributed by atoms with van der Waals surface area (Å²) in [4.78, 5) is 0. The van der Waals surface area contributed by atoms with Crippen LogP contribution in [0.3, 0.4) is 0 Å². The van der Waals surface area contributed by atoms with E-state index in [0.29, 0.717) is 0 Å². The van der Waals surface area contributed by atoms with Crippen molar-refractivity contribution in [1.29, 1.82) is 0 Å². The number of rotatable bonds is 3. The van der Waals surface area contributed by atoms with Gasteiger partial charge in [-0.2, -0.15) is 0 Å². The van der Waals surface area contributed by atoms with Gasteiger partial charge in [0.05, 0.1) is 0 Å². The third-order valence-electron chi connectivity index (χ3n) is 4.39. The highest BCUT2D eigenvalue weighted by molar-refractivity contribution is 5.61. The SMILES string of the molecule is C1=Cc2cc(CCc3ccc4c(c3)C=CC4)ccc2C1. The van der Waals surface area contributed by atoms with Crippen LogP contribution in [0, 0.1) is 0 Å². The molecule has 0 amide bonds. The number of hydrogen-bond donors (Lipinski definition) is 0. The Morgan fingerprint density at radius 3 is 1.65 bits per heavy atom. The molecule has 0 fully saturated rings. The van der Waals surface area contributed by atoms with Crippen molar-refractivity contribution in [2.45, 2.75) is 25.7 Å². The molecule has 0 bridgehead atoms. The van der Waals surface area contributed by atoms with Gasteiger partial charge in [0, 0.05) is 0 Å². The molecular weight excluding hydrogens is 240 g/mol. The van der Waals surface area contributed by atoms with Crippen LogP contribution in [0.2, 0.25) is 0 Å². The smallest absolute Gasteiger partial charge is 0.00882 e. The van der Waals surface area contributed by atoms with Gasteiger partial charge in [-0.3, -0.25) is 0 Å². The van der Waals surface area contributed by atoms with Crippen LogP contribution in [0.1, 0.15) is 33.4 Å². The van der Waals surface area contributed by atoms with E-state index in [2.05, 4.69) is 60.7 Å². The molecule has 2 aromatic rings. The molecule has 0 heteroatoms. The minimum Gasteiger partial charge on any atom is -0.0795 e. The Morgan fingerprint density at radius 1 is 0.650 bits per heavy atom. The molecule has 0 saturated carbocycles. The predicted molar refractivity (Wildman–Crippen MR) is 85.8 cm³/mol. The van der Waals surface area contributed by atoms with Crippen LogP contribution in [-0.4, -0.2) is 0 Å². The van der Waals surface area contributed by atoms with Gasteiger partial charge >= 0.3 is 0 Å². The van der Waals surface area contributed by atoms with Crippen LogP contribution in [-0.2, 0) is 25.7 Å². The molecule has 0 aliphatic heterocycles. The Hall–Kier alpha value is -2.08. The lowest BCUT2D eigenvalue weighted by Gasteiger charge is -2.07. The molecule has 0 spiro atoms. The predicted octanol–water partition coefficient (Wildman–Crippen LogP) is 4.61. The highest BCUT2D eigenvalue weighted by Crippen LogP contribution is 2.23. The zero-order chi connectivity index (χ0) is 13.4. The van der Waals surface area contributed by atoms with Crippen molar-refractivity contribution in [1.82, 2.24) is 0 Å². The van der Waals surface area contributed by atoms with E-state index in [0.717, 1.165) is 25.7 Å². The average molecular weight is 258 g/mol. The standard InChI is InChI=1S/C20H18/c1-3-17-11-9-15(13-19(17)5-1)7-8-16-10-12-18-4-2-6-20(18)14-16/h1-2,5-6,9-14H,3-4,7-8H2. The lowest BCUT2D eigenvalue weighted by Crippen LogP contribution is -1.94. The Labute approximate surface area is 120 Å². The summed E-state index contributed by atoms with van der Waals surface area (Å²) in [5.41, 5.74) is 8.67. The van der Waals surface area contributed by atoms with Crippen molar-refractivity contribution >= 4 is 12.2 Å². The van der Waals surface area contributed by atoms with Crippen molar-refractivity contribution in [3.63, 3.8) is 0 Å². The summed E-state index contributed by atoms with van der Waals surface area (Å²) in [7, 11) is 0. The molecule has 4 rings (SSSR count). The molecule has 0 N–H and O–H groups in total. The monoisotopic (exact) mass is 258 g/mol. The fraction of sp³-hybridized carbons (Fsp3) is 0.200. The molecular formula is C20H18. The van der Waals surface area contributed by atoms with Crippen LogP contribution in [0.15, 0.2) is 48.6 Å². The maximum absolute atomic E-state index is 2.35. The van der Waals surface area contributed by atoms with Crippen LogP contribution in [0.4, 0.5) is 0 Å². The minimum atomic E-state index is 1.10. The summed E-state index contributed by atoms with van der Waals surface area (Å²) in [6.07, 6.45) is 13.5. The van der Waals surface area contributed by atoms with E-state index in [4.69, 9.17) is 0 Å². The van der Waals surface area contributed by atoms with Gasteiger partial charge in [-0.25, -0.2) is 0 Å². The second-order valence-corrected chi connectivity index (χ2v) is 5.78. The molecule has 20 heavy (non-hydrogen) atoms. The molecule has 0 saturated heterocycles. The number of fused-ring (bicyclic) bond motifs is 2. The van der Waals surface area contributed by atoms with E-state index < -0.39 is 0 Å². The fourth-order valence-electron chi connectivity index (χ4n) is 3.20. The number of hydrogen-bond acceptors (Lipinski definition) is 0. The summed E-state index contributed by atoms with van der Waals surface area (Å²) < 4.78 is 0. The Bertz CT molecular complexity index is 653. The largest absolute Gasteiger partial charge is 0.0795 e. The van der Waals surface area contributed by atoms with Gasteiger partial charge in [0.2, 0.25) is 0 Å². The first-order chi connectivity index (χ1) is 9.88. The number of benzene rings is 2. The normalized spacial score (nSPS) is 14.6. The van der Waals surface area contributed by atoms with Gasteiger partial charge in [0.1, 0.15) is 0 Å². The van der Waals surface area contributed by atoms with Crippen molar-refractivity contribution in [3.05, 3.63) is 81.9 Å². The van der Waals surface area contributed by atoms with Gasteiger partial charge in [-0.05, 0) is 59.1 Å². The lowest BCUT2D eigenvalue weighted by atomic mass is 9.98. The van der Waals surface area contributed by atoms with Crippen molar-refractivity contribution in [2.24, 2.45) is 0 Å². The third-order valence-corrected chi connectivity index (χ3v) is 4.39. The molecule has 2 aliphatic rings. The average Bonchev–Trinajstić information content (AvgIpc) is 3.12. The third kappa shape index (κ3) is 2.12. The van der Waals surface area contributed by atoms with Gasteiger partial charge in [0.25, 0.3) is 0 Å². The lowest BCUT2D eigenvalue weighted by molar-refractivity contribution is 0.956. The Balaban J connectivity index is 1.50. The first-order valence-corrected chi connectivity index (χ1v) is 7.45. The van der Waals surface area contributed by atoms with Crippen LogP contribution < -0.4 is 0 Å². The van der Waals surface area contributed by atoms with E-state index >= 15 is 0 Å². The summed E-state index contributed by atoms with van der Waals surface area (Å²) in [5, 5.41) is 0. The van der Waals surface area contributed by atoms with Gasteiger partial charge < -0.3 is 0 Å². The van der Waals surface area contributed by atoms with Crippen molar-refractivity contribution in [2.75, 3.05) is 0 Å². The van der Waals surface area contributed by atoms with E-state index in [-0.39, 0.29) is 0 Å². The zero-order valence-corrected chi connectivity index (χ0v) is 11.6. The first-order valence-electron chi connectivity index (χ1n) is 7.45. The van der Waals surface area contributed by atoms with Crippen LogP contribution in [0.25, 0.3) is 12.2 Å². The number of allylic oxidation sites excluding steroid dienone is 2. The molecule has 0 aromatic heterocycles. The van der Waals surface area contributed by atoms with Crippen LogP contribution >= 0.6 is 0 Å². The van der Waals surface area contributed by atoms with Crippen LogP contribution in [0.5, 0.6) is 0 Å². The second-order valence-electron chi connectivity index (χ2n) is 5.78. The first kappa shape index (κ1) is 11.7. The molecule has 0 unspecified atom stereocenters. The molecule has 98 valence electrons. The molecule has 0 radical (unpaired) electrons. The fourth-order valence-corrected chi connectivity index (χ4v) is 3.20. The van der Waals surface area contributed by atoms with E-state index in [9.17, 15) is 0 Å². The Kier molecular flexibility index (Phi) is 2.81. The Morgan fingerprint density at radius 2 is 1.15 bits per heavy atom. The van der Waals surface area contributed by atoms with E-state index in [1.807, 2.05) is 0 Å². The highest BCUT2D eigenvalue weighted by atomic mass is 14.1. The summed E-state index contributed by atoms with van der Waals surface area (Å²) in [6, 6.07) is 13.9. The van der Waals surface area contributed by atoms with Gasteiger partial charge in [-0.15, -0.1) is 0 Å². The maximum Gasteiger partial charge on any atom is -0.00882 e. The maximum atomic E-state index is 2.35. The minimum absolute atomic E-state index is 1.10. The molecule has 0 heterocycles. The van der Waals surface area contributed by atoms with E-state index in [1.54, 1.807) is 0 Å². The van der Waals surface area contributed by atoms with Gasteiger partial charge in [0.15, 0.2) is 0 Å². The highest BCUT2D eigenvalue weighted by Gasteiger charge is 2.07. The summed E-state index contributed by atoms with van der Waals surface area (Å²) in [6.45, 7) is 0. The second kappa shape index (κ2) is 4.79. The van der Waals surface area contributed by atoms with Crippen molar-refractivity contribution in [3.8, 4) is 0 Å². The number of aryl methyl sites for hydroxylation is 2. The summed E-state index contributed by atoms with van der Waals surface area (Å²) >= 11 is 0. The topological polar surface area (TPSA) is 0 Å². The van der Waals surface area contributed by atoms with E-state index in [1.165, 1.54) is 33.4 Å². The molecule has 2 aliphatic carbocycles. The zero-order valence-electron chi connectivity index (χ0n) is 11.6. The van der Waals surface area contributed by atoms with Gasteiger partial charge in [-0.1, -0.05) is 60.7 Å². The van der Waals surface area contributed by atoms with Crippen molar-refractivity contribution < 1.29 is 0 Å². The molecule has 0 atom stereocenters. The molecule has 0 nitrogen and oxygen atoms in total.